The molecule has 5 heteroatoms. The second-order valence-corrected chi connectivity index (χ2v) is 13.5. The average molecular weight is 605 g/mol. The maximum absolute atomic E-state index is 6.55. The number of fused-ring (bicyclic) bond motifs is 3. The predicted molar refractivity (Wildman–Crippen MR) is 190 cm³/mol. The lowest BCUT2D eigenvalue weighted by Crippen LogP contribution is -2.12. The molecule has 0 unspecified atom stereocenters. The van der Waals surface area contributed by atoms with Gasteiger partial charge in [0.25, 0.3) is 0 Å². The van der Waals surface area contributed by atoms with E-state index in [2.05, 4.69) is 139 Å². The number of rotatable bonds is 5. The number of aromatic nitrogens is 4. The molecule has 0 aliphatic heterocycles. The van der Waals surface area contributed by atoms with Crippen molar-refractivity contribution in [3.63, 3.8) is 0 Å². The summed E-state index contributed by atoms with van der Waals surface area (Å²) in [5.74, 6) is 2.42. The second-order valence-electron chi connectivity index (χ2n) is 13.5. The molecule has 0 spiro atoms. The van der Waals surface area contributed by atoms with Crippen molar-refractivity contribution in [1.29, 1.82) is 0 Å². The first-order valence-electron chi connectivity index (χ1n) is 15.9. The van der Waals surface area contributed by atoms with Crippen LogP contribution < -0.4 is 4.74 Å². The monoisotopic (exact) mass is 604 g/mol. The summed E-state index contributed by atoms with van der Waals surface area (Å²) in [5, 5.41) is 7.35. The van der Waals surface area contributed by atoms with Gasteiger partial charge < -0.3 is 4.74 Å². The van der Waals surface area contributed by atoms with Crippen LogP contribution in [-0.4, -0.2) is 19.3 Å². The van der Waals surface area contributed by atoms with Gasteiger partial charge in [-0.3, -0.25) is 4.57 Å². The molecule has 3 heterocycles. The Hall–Kier alpha value is -5.16. The Kier molecular flexibility index (Phi) is 7.08. The molecule has 0 amide bonds. The highest BCUT2D eigenvalue weighted by Crippen LogP contribution is 2.37. The van der Waals surface area contributed by atoms with Gasteiger partial charge in [-0.15, -0.1) is 0 Å². The fourth-order valence-corrected chi connectivity index (χ4v) is 6.91. The van der Waals surface area contributed by atoms with Gasteiger partial charge >= 0.3 is 0 Å². The van der Waals surface area contributed by atoms with Crippen molar-refractivity contribution in [3.05, 3.63) is 131 Å². The Morgan fingerprint density at radius 2 is 1.37 bits per heavy atom. The van der Waals surface area contributed by atoms with Gasteiger partial charge in [-0.05, 0) is 105 Å². The standard InChI is InChI=1S/C41H40N4O/c1-25-20-26(2)39(27(3)21-25)40-28(4)43-45(29(40)5)31-12-11-13-32(23-31)46-33-16-17-35-34-14-9-10-15-36(34)44(37(35)24-33)38-22-30(18-19-42-38)41(6,7)8/h9-24H,1-8H3. The van der Waals surface area contributed by atoms with Gasteiger partial charge in [0.15, 0.2) is 0 Å². The summed E-state index contributed by atoms with van der Waals surface area (Å²) in [4.78, 5) is 4.82. The number of ether oxygens (including phenoxy) is 1. The van der Waals surface area contributed by atoms with E-state index in [0.717, 1.165) is 50.8 Å². The minimum absolute atomic E-state index is 0.0137. The molecule has 7 aromatic rings. The average Bonchev–Trinajstić information content (AvgIpc) is 3.49. The van der Waals surface area contributed by atoms with Crippen LogP contribution in [0.1, 0.15) is 54.4 Å². The SMILES string of the molecule is Cc1cc(C)c(-c2c(C)nn(-c3cccc(Oc4ccc5c6ccccc6n(-c6cc(C(C)(C)C)ccn6)c5c4)c3)c2C)c(C)c1. The van der Waals surface area contributed by atoms with Crippen LogP contribution in [0.15, 0.2) is 97.2 Å². The molecule has 0 aliphatic carbocycles. The van der Waals surface area contributed by atoms with E-state index in [1.807, 2.05) is 23.0 Å². The zero-order valence-electron chi connectivity index (χ0n) is 27.9. The molecule has 0 N–H and O–H groups in total. The van der Waals surface area contributed by atoms with Crippen molar-refractivity contribution >= 4 is 21.8 Å². The number of hydrogen-bond acceptors (Lipinski definition) is 3. The quantitative estimate of drug-likeness (QED) is 0.196. The van der Waals surface area contributed by atoms with Crippen LogP contribution in [0, 0.1) is 34.6 Å². The Balaban J connectivity index is 1.29. The Morgan fingerprint density at radius 1 is 0.652 bits per heavy atom. The molecule has 0 atom stereocenters. The highest BCUT2D eigenvalue weighted by molar-refractivity contribution is 6.09. The van der Waals surface area contributed by atoms with Crippen LogP contribution in [0.3, 0.4) is 0 Å². The molecule has 46 heavy (non-hydrogen) atoms. The van der Waals surface area contributed by atoms with Crippen molar-refractivity contribution in [2.24, 2.45) is 0 Å². The minimum Gasteiger partial charge on any atom is -0.457 e. The second kappa shape index (κ2) is 11.0. The third kappa shape index (κ3) is 5.06. The summed E-state index contributed by atoms with van der Waals surface area (Å²) in [6.45, 7) is 17.5. The third-order valence-electron chi connectivity index (χ3n) is 9.00. The lowest BCUT2D eigenvalue weighted by molar-refractivity contribution is 0.482. The van der Waals surface area contributed by atoms with E-state index in [1.54, 1.807) is 0 Å². The molecule has 0 fully saturated rings. The summed E-state index contributed by atoms with van der Waals surface area (Å²) in [7, 11) is 0. The van der Waals surface area contributed by atoms with Gasteiger partial charge in [0, 0.05) is 40.4 Å². The van der Waals surface area contributed by atoms with E-state index in [9.17, 15) is 0 Å². The number of benzene rings is 4. The first-order valence-corrected chi connectivity index (χ1v) is 15.9. The molecule has 5 nitrogen and oxygen atoms in total. The largest absolute Gasteiger partial charge is 0.457 e. The van der Waals surface area contributed by atoms with Gasteiger partial charge in [0.1, 0.15) is 17.3 Å². The summed E-state index contributed by atoms with van der Waals surface area (Å²) in [5.41, 5.74) is 12.8. The number of hydrogen-bond donors (Lipinski definition) is 0. The van der Waals surface area contributed by atoms with E-state index < -0.39 is 0 Å². The first kappa shape index (κ1) is 29.5. The van der Waals surface area contributed by atoms with Crippen LogP contribution in [0.4, 0.5) is 0 Å². The fourth-order valence-electron chi connectivity index (χ4n) is 6.91. The number of nitrogens with zero attached hydrogens (tertiary/aromatic N) is 4. The molecule has 0 saturated carbocycles. The highest BCUT2D eigenvalue weighted by atomic mass is 16.5. The minimum atomic E-state index is 0.0137. The van der Waals surface area contributed by atoms with E-state index in [-0.39, 0.29) is 5.41 Å². The lowest BCUT2D eigenvalue weighted by Gasteiger charge is -2.20. The van der Waals surface area contributed by atoms with E-state index in [0.29, 0.717) is 0 Å². The van der Waals surface area contributed by atoms with Crippen LogP contribution in [-0.2, 0) is 5.41 Å². The third-order valence-corrected chi connectivity index (χ3v) is 9.00. The molecular weight excluding hydrogens is 564 g/mol. The van der Waals surface area contributed by atoms with Gasteiger partial charge in [-0.2, -0.15) is 5.10 Å². The number of pyridine rings is 1. The molecule has 0 radical (unpaired) electrons. The Labute approximate surface area is 271 Å². The van der Waals surface area contributed by atoms with Gasteiger partial charge in [-0.1, -0.05) is 62.7 Å². The van der Waals surface area contributed by atoms with Crippen molar-refractivity contribution in [2.75, 3.05) is 0 Å². The number of para-hydroxylation sites is 1. The molecule has 3 aromatic heterocycles. The summed E-state index contributed by atoms with van der Waals surface area (Å²) >= 11 is 0. The fraction of sp³-hybridized carbons (Fsp3) is 0.220. The maximum atomic E-state index is 6.55. The topological polar surface area (TPSA) is 44.9 Å². The van der Waals surface area contributed by atoms with Crippen LogP contribution in [0.25, 0.3) is 44.4 Å². The number of aryl methyl sites for hydroxylation is 4. The summed E-state index contributed by atoms with van der Waals surface area (Å²) in [6.07, 6.45) is 1.91. The first-order chi connectivity index (χ1) is 22.0. The molecule has 4 aromatic carbocycles. The van der Waals surface area contributed by atoms with E-state index >= 15 is 0 Å². The predicted octanol–water partition coefficient (Wildman–Crippen LogP) is 10.7. The molecule has 230 valence electrons. The van der Waals surface area contributed by atoms with E-state index in [1.165, 1.54) is 38.8 Å². The normalized spacial score (nSPS) is 11.9. The summed E-state index contributed by atoms with van der Waals surface area (Å²) < 4.78 is 10.8. The Bertz CT molecular complexity index is 2260. The van der Waals surface area contributed by atoms with Gasteiger partial charge in [0.05, 0.1) is 22.4 Å². The summed E-state index contributed by atoms with van der Waals surface area (Å²) in [6, 6.07) is 31.8. The lowest BCUT2D eigenvalue weighted by atomic mass is 9.88. The van der Waals surface area contributed by atoms with Crippen LogP contribution in [0.2, 0.25) is 0 Å². The Morgan fingerprint density at radius 3 is 2.13 bits per heavy atom. The highest BCUT2D eigenvalue weighted by Gasteiger charge is 2.20. The van der Waals surface area contributed by atoms with Gasteiger partial charge in [-0.25, -0.2) is 9.67 Å². The maximum Gasteiger partial charge on any atom is 0.137 e. The molecular formula is C41H40N4O. The molecule has 0 saturated heterocycles. The van der Waals surface area contributed by atoms with Crippen molar-refractivity contribution in [3.8, 4) is 34.1 Å². The van der Waals surface area contributed by atoms with Crippen LogP contribution >= 0.6 is 0 Å². The molecule has 0 aliphatic rings. The van der Waals surface area contributed by atoms with E-state index in [4.69, 9.17) is 14.8 Å². The van der Waals surface area contributed by atoms with Crippen molar-refractivity contribution in [2.45, 2.75) is 60.8 Å². The zero-order chi connectivity index (χ0) is 32.3. The zero-order valence-corrected chi connectivity index (χ0v) is 27.9. The van der Waals surface area contributed by atoms with Gasteiger partial charge in [0.2, 0.25) is 0 Å². The van der Waals surface area contributed by atoms with Crippen molar-refractivity contribution < 1.29 is 4.74 Å². The smallest absolute Gasteiger partial charge is 0.137 e. The molecule has 0 bridgehead atoms. The molecule has 7 rings (SSSR count). The van der Waals surface area contributed by atoms with Crippen LogP contribution in [0.5, 0.6) is 11.5 Å². The van der Waals surface area contributed by atoms with Crippen molar-refractivity contribution in [1.82, 2.24) is 19.3 Å².